The summed E-state index contributed by atoms with van der Waals surface area (Å²) in [5, 5.41) is 12.2. The summed E-state index contributed by atoms with van der Waals surface area (Å²) in [6, 6.07) is 5.62. The molecule has 3 N–H and O–H groups in total. The second kappa shape index (κ2) is 7.38. The van der Waals surface area contributed by atoms with E-state index in [4.69, 9.17) is 5.73 Å². The lowest BCUT2D eigenvalue weighted by Crippen LogP contribution is -2.45. The molecule has 0 fully saturated rings. The minimum atomic E-state index is -0.596. The van der Waals surface area contributed by atoms with Gasteiger partial charge in [0.2, 0.25) is 11.0 Å². The van der Waals surface area contributed by atoms with Crippen molar-refractivity contribution in [2.75, 3.05) is 5.32 Å². The number of amides is 1. The first-order valence-corrected chi connectivity index (χ1v) is 7.97. The Balaban J connectivity index is 0.00000264. The Kier molecular flexibility index (Phi) is 6.27. The fourth-order valence-electron chi connectivity index (χ4n) is 2.06. The molecule has 0 spiro atoms. The highest BCUT2D eigenvalue weighted by molar-refractivity contribution is 7.18. The maximum Gasteiger partial charge on any atom is 0.243 e. The van der Waals surface area contributed by atoms with Gasteiger partial charge < -0.3 is 5.73 Å². The van der Waals surface area contributed by atoms with Gasteiger partial charge in [0.1, 0.15) is 5.01 Å². The van der Waals surface area contributed by atoms with Gasteiger partial charge in [-0.3, -0.25) is 10.1 Å². The number of carbonyl (C=O) groups is 1. The highest BCUT2D eigenvalue weighted by atomic mass is 35.5. The normalized spacial score (nSPS) is 12.4. The van der Waals surface area contributed by atoms with Gasteiger partial charge in [0, 0.05) is 5.56 Å². The molecule has 7 heteroatoms. The van der Waals surface area contributed by atoms with Crippen LogP contribution in [-0.2, 0) is 4.79 Å². The number of nitrogens with zero attached hydrogens (tertiary/aromatic N) is 2. The molecule has 0 aliphatic carbocycles. The minimum Gasteiger partial charge on any atom is -0.319 e. The second-order valence-corrected chi connectivity index (χ2v) is 7.60. The summed E-state index contributed by atoms with van der Waals surface area (Å²) >= 11 is 1.35. The number of nitrogens with two attached hydrogens (primary N) is 1. The van der Waals surface area contributed by atoms with E-state index < -0.39 is 6.04 Å². The molecule has 2 aromatic rings. The van der Waals surface area contributed by atoms with Crippen LogP contribution in [0.4, 0.5) is 5.13 Å². The first-order valence-electron chi connectivity index (χ1n) is 7.15. The molecule has 1 heterocycles. The maximum absolute atomic E-state index is 12.1. The van der Waals surface area contributed by atoms with Crippen molar-refractivity contribution < 1.29 is 4.79 Å². The SMILES string of the molecule is Cc1cc(C)cc(-c2nnc(NC(=O)[C@@H](N)C(C)(C)C)s2)c1.Cl. The lowest BCUT2D eigenvalue weighted by Gasteiger charge is -2.25. The van der Waals surface area contributed by atoms with Gasteiger partial charge in [-0.25, -0.2) is 0 Å². The number of benzene rings is 1. The van der Waals surface area contributed by atoms with Gasteiger partial charge in [-0.15, -0.1) is 22.6 Å². The van der Waals surface area contributed by atoms with Crippen LogP contribution in [0.2, 0.25) is 0 Å². The molecule has 5 nitrogen and oxygen atoms in total. The number of hydrogen-bond donors (Lipinski definition) is 2. The molecule has 0 unspecified atom stereocenters. The number of rotatable bonds is 3. The smallest absolute Gasteiger partial charge is 0.243 e. The van der Waals surface area contributed by atoms with Gasteiger partial charge in [-0.2, -0.15) is 0 Å². The van der Waals surface area contributed by atoms with Crippen LogP contribution >= 0.6 is 23.7 Å². The van der Waals surface area contributed by atoms with Gasteiger partial charge in [0.15, 0.2) is 0 Å². The molecule has 0 saturated carbocycles. The van der Waals surface area contributed by atoms with E-state index in [0.717, 1.165) is 10.6 Å². The Bertz CT molecular complexity index is 673. The van der Waals surface area contributed by atoms with Crippen LogP contribution in [0.1, 0.15) is 31.9 Å². The molecular formula is C16H23ClN4OS. The predicted molar refractivity (Wildman–Crippen MR) is 98.1 cm³/mol. The average molecular weight is 355 g/mol. The summed E-state index contributed by atoms with van der Waals surface area (Å²) in [7, 11) is 0. The first-order chi connectivity index (χ1) is 10.2. The highest BCUT2D eigenvalue weighted by Crippen LogP contribution is 2.28. The van der Waals surface area contributed by atoms with Gasteiger partial charge in [0.25, 0.3) is 0 Å². The summed E-state index contributed by atoms with van der Waals surface area (Å²) in [6.07, 6.45) is 0. The molecule has 1 atom stereocenters. The van der Waals surface area contributed by atoms with Crippen molar-refractivity contribution in [1.29, 1.82) is 0 Å². The molecule has 0 aliphatic rings. The molecule has 0 saturated heterocycles. The van der Waals surface area contributed by atoms with Crippen molar-refractivity contribution in [3.63, 3.8) is 0 Å². The van der Waals surface area contributed by atoms with Gasteiger partial charge in [0.05, 0.1) is 6.04 Å². The predicted octanol–water partition coefficient (Wildman–Crippen LogP) is 3.56. The van der Waals surface area contributed by atoms with Crippen LogP contribution in [0, 0.1) is 19.3 Å². The zero-order valence-corrected chi connectivity index (χ0v) is 15.6. The van der Waals surface area contributed by atoms with Crippen molar-refractivity contribution >= 4 is 34.8 Å². The summed E-state index contributed by atoms with van der Waals surface area (Å²) in [5.41, 5.74) is 9.00. The minimum absolute atomic E-state index is 0. The molecule has 2 rings (SSSR count). The number of carbonyl (C=O) groups excluding carboxylic acids is 1. The molecule has 0 bridgehead atoms. The zero-order valence-electron chi connectivity index (χ0n) is 14.0. The molecule has 1 aromatic carbocycles. The summed E-state index contributed by atoms with van der Waals surface area (Å²) < 4.78 is 0. The molecular weight excluding hydrogens is 332 g/mol. The summed E-state index contributed by atoms with van der Waals surface area (Å²) in [6.45, 7) is 9.88. The average Bonchev–Trinajstić information content (AvgIpc) is 2.84. The van der Waals surface area contributed by atoms with E-state index in [1.807, 2.05) is 34.6 Å². The van der Waals surface area contributed by atoms with Crippen LogP contribution in [0.5, 0.6) is 0 Å². The van der Waals surface area contributed by atoms with Crippen LogP contribution in [0.25, 0.3) is 10.6 Å². The maximum atomic E-state index is 12.1. The number of anilines is 1. The number of aryl methyl sites for hydroxylation is 2. The quantitative estimate of drug-likeness (QED) is 0.883. The van der Waals surface area contributed by atoms with Crippen molar-refractivity contribution in [2.24, 2.45) is 11.1 Å². The van der Waals surface area contributed by atoms with Crippen LogP contribution < -0.4 is 11.1 Å². The van der Waals surface area contributed by atoms with E-state index in [0.29, 0.717) is 5.13 Å². The van der Waals surface area contributed by atoms with Crippen molar-refractivity contribution in [3.05, 3.63) is 29.3 Å². The third-order valence-electron chi connectivity index (χ3n) is 3.34. The van der Waals surface area contributed by atoms with Crippen molar-refractivity contribution in [3.8, 4) is 10.6 Å². The monoisotopic (exact) mass is 354 g/mol. The second-order valence-electron chi connectivity index (χ2n) is 6.62. The summed E-state index contributed by atoms with van der Waals surface area (Å²) in [5.74, 6) is -0.240. The lowest BCUT2D eigenvalue weighted by atomic mass is 9.87. The third kappa shape index (κ3) is 4.99. The standard InChI is InChI=1S/C16H22N4OS.ClH/c1-9-6-10(2)8-11(7-9)14-19-20-15(22-14)18-13(21)12(17)16(3,4)5;/h6-8,12H,17H2,1-5H3,(H,18,20,21);1H/t12-;/m1./s1. The van der Waals surface area contributed by atoms with Gasteiger partial charge in [-0.05, 0) is 31.4 Å². The fourth-order valence-corrected chi connectivity index (χ4v) is 2.80. The first kappa shape index (κ1) is 19.5. The summed E-state index contributed by atoms with van der Waals surface area (Å²) in [4.78, 5) is 12.1. The van der Waals surface area contributed by atoms with E-state index in [2.05, 4.69) is 33.7 Å². The van der Waals surface area contributed by atoms with Crippen molar-refractivity contribution in [2.45, 2.75) is 40.7 Å². The Hall–Kier alpha value is -1.50. The Morgan fingerprint density at radius 1 is 1.17 bits per heavy atom. The van der Waals surface area contributed by atoms with Crippen molar-refractivity contribution in [1.82, 2.24) is 10.2 Å². The van der Waals surface area contributed by atoms with E-state index in [-0.39, 0.29) is 23.7 Å². The van der Waals surface area contributed by atoms with Gasteiger partial charge in [-0.1, -0.05) is 49.3 Å². The highest BCUT2D eigenvalue weighted by Gasteiger charge is 2.28. The molecule has 0 radical (unpaired) electrons. The molecule has 126 valence electrons. The van der Waals surface area contributed by atoms with E-state index >= 15 is 0 Å². The third-order valence-corrected chi connectivity index (χ3v) is 4.23. The molecule has 1 amide bonds. The van der Waals surface area contributed by atoms with E-state index in [1.54, 1.807) is 0 Å². The molecule has 1 aromatic heterocycles. The van der Waals surface area contributed by atoms with Crippen LogP contribution in [0.3, 0.4) is 0 Å². The zero-order chi connectivity index (χ0) is 16.5. The van der Waals surface area contributed by atoms with Gasteiger partial charge >= 0.3 is 0 Å². The van der Waals surface area contributed by atoms with E-state index in [1.165, 1.54) is 22.5 Å². The van der Waals surface area contributed by atoms with Crippen LogP contribution in [-0.4, -0.2) is 22.1 Å². The Morgan fingerprint density at radius 3 is 2.26 bits per heavy atom. The largest absolute Gasteiger partial charge is 0.319 e. The molecule has 23 heavy (non-hydrogen) atoms. The fraction of sp³-hybridized carbons (Fsp3) is 0.438. The van der Waals surface area contributed by atoms with Crippen LogP contribution in [0.15, 0.2) is 18.2 Å². The number of halogens is 1. The number of nitrogens with one attached hydrogen (secondary N) is 1. The topological polar surface area (TPSA) is 80.9 Å². The number of hydrogen-bond acceptors (Lipinski definition) is 5. The Morgan fingerprint density at radius 2 is 1.74 bits per heavy atom. The Labute approximate surface area is 147 Å². The number of aromatic nitrogens is 2. The molecule has 0 aliphatic heterocycles. The van der Waals surface area contributed by atoms with E-state index in [9.17, 15) is 4.79 Å². The lowest BCUT2D eigenvalue weighted by molar-refractivity contribution is -0.119.